The van der Waals surface area contributed by atoms with Crippen molar-refractivity contribution in [3.05, 3.63) is 45.5 Å². The highest BCUT2D eigenvalue weighted by Crippen LogP contribution is 2.38. The van der Waals surface area contributed by atoms with E-state index in [-0.39, 0.29) is 53.1 Å². The van der Waals surface area contributed by atoms with Crippen LogP contribution in [-0.4, -0.2) is 90.8 Å². The van der Waals surface area contributed by atoms with Crippen molar-refractivity contribution < 1.29 is 23.6 Å². The predicted octanol–water partition coefficient (Wildman–Crippen LogP) is 4.61. The smallest absolute Gasteiger partial charge is 0.324 e. The zero-order valence-electron chi connectivity index (χ0n) is 25.2. The monoisotopic (exact) mass is 622 g/mol. The SMILES string of the molecule is CCC1(C)C(=O)N(CC(=O)NCCN(C)C)CCN1C(=O)c1cc(C(C)(C)C)sc1NC(=O)Nc1ccc(F)cc1Cl. The standard InChI is InChI=1S/C29H40ClFN6O4S/c1-8-29(5)26(40)36(17-23(38)32-11-12-35(6)7)13-14-37(29)25(39)19-16-22(28(2,3)4)42-24(19)34-27(41)33-21-10-9-18(31)15-20(21)30/h9-10,15-16H,8,11-14,17H2,1-7H3,(H,32,38)(H2,33,34,41). The predicted molar refractivity (Wildman–Crippen MR) is 165 cm³/mol. The fourth-order valence-electron chi connectivity index (χ4n) is 4.50. The molecule has 2 heterocycles. The maximum absolute atomic E-state index is 14.1. The molecule has 1 atom stereocenters. The van der Waals surface area contributed by atoms with E-state index in [1.807, 2.05) is 46.7 Å². The molecule has 0 spiro atoms. The number of carbonyl (C=O) groups is 4. The first-order valence-corrected chi connectivity index (χ1v) is 15.0. The molecule has 1 aromatic heterocycles. The minimum atomic E-state index is -1.19. The van der Waals surface area contributed by atoms with Crippen LogP contribution in [0.3, 0.4) is 0 Å². The number of halogens is 2. The molecule has 42 heavy (non-hydrogen) atoms. The van der Waals surface area contributed by atoms with Gasteiger partial charge < -0.3 is 25.3 Å². The van der Waals surface area contributed by atoms with Crippen molar-refractivity contribution in [2.75, 3.05) is 57.5 Å². The second kappa shape index (κ2) is 13.4. The maximum atomic E-state index is 14.1. The van der Waals surface area contributed by atoms with E-state index in [1.54, 1.807) is 13.0 Å². The van der Waals surface area contributed by atoms with E-state index in [2.05, 4.69) is 16.0 Å². The Bertz CT molecular complexity index is 1340. The number of urea groups is 1. The summed E-state index contributed by atoms with van der Waals surface area (Å²) in [7, 11) is 3.82. The largest absolute Gasteiger partial charge is 0.353 e. The molecule has 5 amide bonds. The Hall–Kier alpha value is -3.22. The first kappa shape index (κ1) is 33.3. The maximum Gasteiger partial charge on any atom is 0.324 e. The van der Waals surface area contributed by atoms with Gasteiger partial charge in [-0.1, -0.05) is 39.3 Å². The van der Waals surface area contributed by atoms with Gasteiger partial charge in [0.2, 0.25) is 11.8 Å². The summed E-state index contributed by atoms with van der Waals surface area (Å²) in [5.74, 6) is -1.50. The number of anilines is 2. The lowest BCUT2D eigenvalue weighted by Gasteiger charge is -2.47. The van der Waals surface area contributed by atoms with Crippen molar-refractivity contribution in [1.82, 2.24) is 20.0 Å². The molecule has 230 valence electrons. The topological polar surface area (TPSA) is 114 Å². The molecule has 1 fully saturated rings. The molecule has 1 unspecified atom stereocenters. The average Bonchev–Trinajstić information content (AvgIpc) is 3.32. The highest BCUT2D eigenvalue weighted by molar-refractivity contribution is 7.16. The van der Waals surface area contributed by atoms with Crippen molar-refractivity contribution in [2.24, 2.45) is 0 Å². The molecular weight excluding hydrogens is 583 g/mol. The summed E-state index contributed by atoms with van der Waals surface area (Å²) < 4.78 is 13.4. The molecule has 10 nitrogen and oxygen atoms in total. The van der Waals surface area contributed by atoms with Gasteiger partial charge in [-0.15, -0.1) is 11.3 Å². The number of carbonyl (C=O) groups excluding carboxylic acids is 4. The van der Waals surface area contributed by atoms with Crippen LogP contribution in [0.2, 0.25) is 5.02 Å². The van der Waals surface area contributed by atoms with Gasteiger partial charge in [-0.2, -0.15) is 0 Å². The molecule has 1 aromatic carbocycles. The number of benzene rings is 1. The minimum Gasteiger partial charge on any atom is -0.353 e. The Balaban J connectivity index is 1.84. The van der Waals surface area contributed by atoms with Crippen molar-refractivity contribution in [1.29, 1.82) is 0 Å². The molecule has 0 aliphatic carbocycles. The zero-order valence-corrected chi connectivity index (χ0v) is 26.8. The fraction of sp³-hybridized carbons (Fsp3) is 0.517. The number of hydrogen-bond acceptors (Lipinski definition) is 6. The van der Waals surface area contributed by atoms with Crippen LogP contribution in [0.15, 0.2) is 24.3 Å². The van der Waals surface area contributed by atoms with Crippen LogP contribution in [-0.2, 0) is 15.0 Å². The van der Waals surface area contributed by atoms with Crippen LogP contribution in [0.25, 0.3) is 0 Å². The van der Waals surface area contributed by atoms with Gasteiger partial charge in [-0.3, -0.25) is 19.7 Å². The Kier molecular flexibility index (Phi) is 10.6. The van der Waals surface area contributed by atoms with Crippen LogP contribution in [0.4, 0.5) is 19.9 Å². The second-order valence-corrected chi connectivity index (χ2v) is 13.2. The van der Waals surface area contributed by atoms with E-state index in [0.29, 0.717) is 24.5 Å². The number of nitrogens with zero attached hydrogens (tertiary/aromatic N) is 3. The Morgan fingerprint density at radius 3 is 2.43 bits per heavy atom. The number of amides is 5. The molecular formula is C29H40ClFN6O4S. The van der Waals surface area contributed by atoms with E-state index in [0.717, 1.165) is 10.9 Å². The summed E-state index contributed by atoms with van der Waals surface area (Å²) in [6.07, 6.45) is 0.332. The summed E-state index contributed by atoms with van der Waals surface area (Å²) in [6.45, 7) is 11.0. The number of likely N-dealkylation sites (N-methyl/N-ethyl adjacent to an activating group) is 1. The number of thiophene rings is 1. The van der Waals surface area contributed by atoms with Crippen LogP contribution in [0.5, 0.6) is 0 Å². The van der Waals surface area contributed by atoms with E-state index < -0.39 is 23.3 Å². The summed E-state index contributed by atoms with van der Waals surface area (Å²) in [5, 5.41) is 8.51. The normalized spacial score (nSPS) is 17.4. The number of nitrogens with one attached hydrogen (secondary N) is 3. The summed E-state index contributed by atoms with van der Waals surface area (Å²) >= 11 is 7.33. The molecule has 3 N–H and O–H groups in total. The van der Waals surface area contributed by atoms with Gasteiger partial charge in [0.15, 0.2) is 0 Å². The lowest BCUT2D eigenvalue weighted by atomic mass is 9.90. The van der Waals surface area contributed by atoms with Gasteiger partial charge in [0.05, 0.1) is 22.8 Å². The molecule has 0 radical (unpaired) electrons. The highest BCUT2D eigenvalue weighted by atomic mass is 35.5. The molecule has 1 aliphatic rings. The Morgan fingerprint density at radius 1 is 1.14 bits per heavy atom. The van der Waals surface area contributed by atoms with E-state index >= 15 is 0 Å². The molecule has 13 heteroatoms. The van der Waals surface area contributed by atoms with Crippen LogP contribution < -0.4 is 16.0 Å². The van der Waals surface area contributed by atoms with Gasteiger partial charge in [0.1, 0.15) is 16.4 Å². The quantitative estimate of drug-likeness (QED) is 0.378. The fourth-order valence-corrected chi connectivity index (χ4v) is 5.81. The van der Waals surface area contributed by atoms with Gasteiger partial charge in [0.25, 0.3) is 5.91 Å². The molecule has 3 rings (SSSR count). The van der Waals surface area contributed by atoms with Crippen LogP contribution in [0.1, 0.15) is 56.3 Å². The van der Waals surface area contributed by atoms with Gasteiger partial charge in [0, 0.05) is 31.1 Å². The Morgan fingerprint density at radius 2 is 1.83 bits per heavy atom. The number of hydrogen-bond donors (Lipinski definition) is 3. The third-order valence-corrected chi connectivity index (χ3v) is 8.98. The molecule has 1 aliphatic heterocycles. The first-order valence-electron chi connectivity index (χ1n) is 13.8. The lowest BCUT2D eigenvalue weighted by Crippen LogP contribution is -2.66. The number of rotatable bonds is 9. The van der Waals surface area contributed by atoms with E-state index in [4.69, 9.17) is 11.6 Å². The third kappa shape index (κ3) is 7.78. The molecule has 0 bridgehead atoms. The van der Waals surface area contributed by atoms with Crippen molar-refractivity contribution in [2.45, 2.75) is 52.0 Å². The average molecular weight is 623 g/mol. The van der Waals surface area contributed by atoms with E-state index in [1.165, 1.54) is 33.3 Å². The Labute approximate surface area is 255 Å². The van der Waals surface area contributed by atoms with Crippen molar-refractivity contribution >= 4 is 57.4 Å². The number of piperazine rings is 1. The second-order valence-electron chi connectivity index (χ2n) is 11.8. The molecule has 2 aromatic rings. The van der Waals surface area contributed by atoms with Gasteiger partial charge in [-0.05, 0) is 57.1 Å². The summed E-state index contributed by atoms with van der Waals surface area (Å²) in [6, 6.07) is 4.70. The van der Waals surface area contributed by atoms with Gasteiger partial charge >= 0.3 is 6.03 Å². The minimum absolute atomic E-state index is 0.0319. The van der Waals surface area contributed by atoms with Crippen molar-refractivity contribution in [3.8, 4) is 0 Å². The molecule has 1 saturated heterocycles. The zero-order chi connectivity index (χ0) is 31.4. The van der Waals surface area contributed by atoms with Crippen molar-refractivity contribution in [3.63, 3.8) is 0 Å². The molecule has 0 saturated carbocycles. The van der Waals surface area contributed by atoms with E-state index in [9.17, 15) is 23.6 Å². The van der Waals surface area contributed by atoms with Crippen LogP contribution >= 0.6 is 22.9 Å². The first-order chi connectivity index (χ1) is 19.6. The van der Waals surface area contributed by atoms with Crippen LogP contribution in [0, 0.1) is 5.82 Å². The lowest BCUT2D eigenvalue weighted by molar-refractivity contribution is -0.150. The summed E-state index contributed by atoms with van der Waals surface area (Å²) in [4.78, 5) is 59.0. The third-order valence-electron chi connectivity index (χ3n) is 7.19. The summed E-state index contributed by atoms with van der Waals surface area (Å²) in [5.41, 5.74) is -1.04. The highest BCUT2D eigenvalue weighted by Gasteiger charge is 2.47. The van der Waals surface area contributed by atoms with Gasteiger partial charge in [-0.25, -0.2) is 9.18 Å².